The molecule has 57 valence electrons. The van der Waals surface area contributed by atoms with Gasteiger partial charge in [-0.3, -0.25) is 4.79 Å². The molecule has 1 aromatic rings. The Hall–Kier alpha value is -1.02. The van der Waals surface area contributed by atoms with Gasteiger partial charge in [-0.05, 0) is 23.7 Å². The number of hydrogen-bond donors (Lipinski definition) is 0. The van der Waals surface area contributed by atoms with E-state index >= 15 is 0 Å². The third-order valence-electron chi connectivity index (χ3n) is 1.03. The summed E-state index contributed by atoms with van der Waals surface area (Å²) in [5.41, 5.74) is 0. The van der Waals surface area contributed by atoms with Crippen LogP contribution in [0.25, 0.3) is 0 Å². The van der Waals surface area contributed by atoms with Crippen LogP contribution in [0, 0.1) is 6.61 Å². The van der Waals surface area contributed by atoms with Crippen molar-refractivity contribution in [1.82, 2.24) is 0 Å². The van der Waals surface area contributed by atoms with Crippen LogP contribution < -0.4 is 4.74 Å². The molecule has 3 heteroatoms. The minimum atomic E-state index is -0.617. The average Bonchev–Trinajstić information content (AvgIpc) is 2.03. The molecule has 0 saturated heterocycles. The second-order valence-corrected chi connectivity index (χ2v) is 2.23. The summed E-state index contributed by atoms with van der Waals surface area (Å²) in [6.07, 6.45) is 0. The van der Waals surface area contributed by atoms with Crippen LogP contribution in [0.3, 0.4) is 0 Å². The highest BCUT2D eigenvalue weighted by molar-refractivity contribution is 6.65. The number of rotatable bonds is 3. The average molecular weight is 170 g/mol. The Kier molecular flexibility index (Phi) is 2.93. The summed E-state index contributed by atoms with van der Waals surface area (Å²) >= 11 is 5.01. The maximum absolute atomic E-state index is 10.2. The topological polar surface area (TPSA) is 26.3 Å². The standard InChI is InChI=1S/C8H6ClO2/c9-8(10)6-11-7-4-2-1-3-5-7/h1-6H. The van der Waals surface area contributed by atoms with Gasteiger partial charge in [0, 0.05) is 0 Å². The summed E-state index contributed by atoms with van der Waals surface area (Å²) in [5, 5.41) is -0.617. The Morgan fingerprint density at radius 3 is 2.55 bits per heavy atom. The first-order valence-electron chi connectivity index (χ1n) is 3.03. The fraction of sp³-hybridized carbons (Fsp3) is 0. The van der Waals surface area contributed by atoms with E-state index in [0.29, 0.717) is 5.75 Å². The van der Waals surface area contributed by atoms with Crippen LogP contribution in [0.2, 0.25) is 0 Å². The van der Waals surface area contributed by atoms with Crippen LogP contribution in [0.15, 0.2) is 30.3 Å². The summed E-state index contributed by atoms with van der Waals surface area (Å²) < 4.78 is 4.86. The van der Waals surface area contributed by atoms with Crippen molar-refractivity contribution in [3.05, 3.63) is 36.9 Å². The number of benzene rings is 1. The van der Waals surface area contributed by atoms with Crippen molar-refractivity contribution in [2.45, 2.75) is 0 Å². The lowest BCUT2D eigenvalue weighted by Crippen LogP contribution is -1.95. The molecule has 2 nitrogen and oxygen atoms in total. The van der Waals surface area contributed by atoms with E-state index in [1.807, 2.05) is 18.2 Å². The minimum absolute atomic E-state index is 0.599. The SMILES string of the molecule is O=C(Cl)[CH]Oc1ccccc1. The van der Waals surface area contributed by atoms with E-state index in [1.54, 1.807) is 12.1 Å². The van der Waals surface area contributed by atoms with Crippen LogP contribution in [-0.4, -0.2) is 5.24 Å². The number of ether oxygens (including phenoxy) is 1. The van der Waals surface area contributed by atoms with Crippen molar-refractivity contribution < 1.29 is 9.53 Å². The van der Waals surface area contributed by atoms with E-state index in [4.69, 9.17) is 16.3 Å². The zero-order valence-corrected chi connectivity index (χ0v) is 6.41. The molecule has 1 radical (unpaired) electrons. The molecule has 0 heterocycles. The quantitative estimate of drug-likeness (QED) is 0.647. The number of para-hydroxylation sites is 1. The van der Waals surface area contributed by atoms with E-state index in [2.05, 4.69) is 0 Å². The first-order valence-corrected chi connectivity index (χ1v) is 3.41. The van der Waals surface area contributed by atoms with Gasteiger partial charge in [-0.25, -0.2) is 0 Å². The summed E-state index contributed by atoms with van der Waals surface area (Å²) in [6, 6.07) is 8.94. The lowest BCUT2D eigenvalue weighted by molar-refractivity contribution is -0.110. The first kappa shape index (κ1) is 8.08. The smallest absolute Gasteiger partial charge is 0.266 e. The van der Waals surface area contributed by atoms with Gasteiger partial charge in [0.25, 0.3) is 5.24 Å². The summed E-state index contributed by atoms with van der Waals surface area (Å²) in [7, 11) is 0. The fourth-order valence-corrected chi connectivity index (χ4v) is 0.658. The van der Waals surface area contributed by atoms with Crippen molar-refractivity contribution >= 4 is 16.8 Å². The molecule has 0 aromatic heterocycles. The molecule has 0 fully saturated rings. The normalized spacial score (nSPS) is 9.18. The van der Waals surface area contributed by atoms with Gasteiger partial charge in [0.2, 0.25) is 6.61 Å². The van der Waals surface area contributed by atoms with E-state index in [9.17, 15) is 4.79 Å². The Morgan fingerprint density at radius 2 is 2.00 bits per heavy atom. The van der Waals surface area contributed by atoms with Crippen molar-refractivity contribution in [3.63, 3.8) is 0 Å². The van der Waals surface area contributed by atoms with E-state index < -0.39 is 5.24 Å². The van der Waals surface area contributed by atoms with Gasteiger partial charge in [-0.15, -0.1) is 0 Å². The lowest BCUT2D eigenvalue weighted by Gasteiger charge is -1.99. The van der Waals surface area contributed by atoms with Crippen LogP contribution in [0.1, 0.15) is 0 Å². The maximum atomic E-state index is 10.2. The van der Waals surface area contributed by atoms with Gasteiger partial charge >= 0.3 is 0 Å². The number of carbonyl (C=O) groups excluding carboxylic acids is 1. The Bertz CT molecular complexity index is 233. The third kappa shape index (κ3) is 3.05. The lowest BCUT2D eigenvalue weighted by atomic mass is 10.3. The van der Waals surface area contributed by atoms with Crippen molar-refractivity contribution in [3.8, 4) is 5.75 Å². The summed E-state index contributed by atoms with van der Waals surface area (Å²) in [6.45, 7) is 0.955. The van der Waals surface area contributed by atoms with Gasteiger partial charge in [0.05, 0.1) is 0 Å². The molecular formula is C8H6ClO2. The van der Waals surface area contributed by atoms with E-state index in [1.165, 1.54) is 0 Å². The van der Waals surface area contributed by atoms with Crippen LogP contribution >= 0.6 is 11.6 Å². The molecule has 0 bridgehead atoms. The van der Waals surface area contributed by atoms with Crippen molar-refractivity contribution in [1.29, 1.82) is 0 Å². The summed E-state index contributed by atoms with van der Waals surface area (Å²) in [4.78, 5) is 10.2. The molecule has 0 atom stereocenters. The molecule has 0 aliphatic carbocycles. The van der Waals surface area contributed by atoms with Gasteiger partial charge in [-0.1, -0.05) is 18.2 Å². The molecule has 0 spiro atoms. The molecule has 0 aliphatic rings. The Labute approximate surface area is 69.7 Å². The zero-order chi connectivity index (χ0) is 8.10. The highest BCUT2D eigenvalue weighted by atomic mass is 35.5. The zero-order valence-electron chi connectivity index (χ0n) is 5.66. The third-order valence-corrected chi connectivity index (χ3v) is 1.12. The molecule has 1 aromatic carbocycles. The van der Waals surface area contributed by atoms with Gasteiger partial charge in [0.15, 0.2) is 0 Å². The largest absolute Gasteiger partial charge is 0.477 e. The molecule has 1 rings (SSSR count). The molecule has 11 heavy (non-hydrogen) atoms. The monoisotopic (exact) mass is 169 g/mol. The predicted octanol–water partition coefficient (Wildman–Crippen LogP) is 1.99. The molecule has 0 unspecified atom stereocenters. The second-order valence-electron chi connectivity index (χ2n) is 1.85. The highest BCUT2D eigenvalue weighted by Crippen LogP contribution is 2.09. The molecule has 0 aliphatic heterocycles. The first-order chi connectivity index (χ1) is 5.29. The van der Waals surface area contributed by atoms with Crippen molar-refractivity contribution in [2.24, 2.45) is 0 Å². The Morgan fingerprint density at radius 1 is 1.36 bits per heavy atom. The predicted molar refractivity (Wildman–Crippen MR) is 42.2 cm³/mol. The van der Waals surface area contributed by atoms with E-state index in [0.717, 1.165) is 6.61 Å². The number of halogens is 1. The molecule has 0 N–H and O–H groups in total. The maximum Gasteiger partial charge on any atom is 0.266 e. The minimum Gasteiger partial charge on any atom is -0.477 e. The van der Waals surface area contributed by atoms with E-state index in [-0.39, 0.29) is 0 Å². The van der Waals surface area contributed by atoms with Crippen LogP contribution in [-0.2, 0) is 4.79 Å². The van der Waals surface area contributed by atoms with Crippen molar-refractivity contribution in [2.75, 3.05) is 0 Å². The molecule has 0 amide bonds. The Balaban J connectivity index is 2.45. The second kappa shape index (κ2) is 3.98. The molecule has 0 saturated carbocycles. The number of carbonyl (C=O) groups is 1. The van der Waals surface area contributed by atoms with Gasteiger partial charge in [0.1, 0.15) is 5.75 Å². The summed E-state index contributed by atoms with van der Waals surface area (Å²) in [5.74, 6) is 0.599. The number of hydrogen-bond acceptors (Lipinski definition) is 2. The van der Waals surface area contributed by atoms with Crippen LogP contribution in [0.5, 0.6) is 5.75 Å². The molecular weight excluding hydrogens is 164 g/mol. The highest BCUT2D eigenvalue weighted by Gasteiger charge is 1.97. The van der Waals surface area contributed by atoms with Crippen LogP contribution in [0.4, 0.5) is 0 Å². The van der Waals surface area contributed by atoms with Gasteiger partial charge < -0.3 is 4.74 Å². The van der Waals surface area contributed by atoms with Gasteiger partial charge in [-0.2, -0.15) is 0 Å². The fourth-order valence-electron chi connectivity index (χ4n) is 0.613.